The highest BCUT2D eigenvalue weighted by atomic mass is 35.5. The van der Waals surface area contributed by atoms with Crippen LogP contribution >= 0.6 is 11.6 Å². The smallest absolute Gasteiger partial charge is 0.330 e. The van der Waals surface area contributed by atoms with Crippen LogP contribution < -0.4 is 5.32 Å². The zero-order valence-corrected chi connectivity index (χ0v) is 18.6. The van der Waals surface area contributed by atoms with E-state index in [-0.39, 0.29) is 18.1 Å². The fourth-order valence-electron chi connectivity index (χ4n) is 4.20. The molecule has 0 aromatic heterocycles. The lowest BCUT2D eigenvalue weighted by Crippen LogP contribution is -2.58. The first-order chi connectivity index (χ1) is 15.6. The van der Waals surface area contributed by atoms with Gasteiger partial charge in [-0.15, -0.1) is 0 Å². The molecule has 2 aromatic carbocycles. The Hall–Kier alpha value is -3.07. The predicted octanol–water partition coefficient (Wildman–Crippen LogP) is 5.38. The van der Waals surface area contributed by atoms with Crippen LogP contribution in [0.15, 0.2) is 53.6 Å². The van der Waals surface area contributed by atoms with Crippen molar-refractivity contribution in [3.8, 4) is 0 Å². The normalized spacial score (nSPS) is 21.2. The minimum atomic E-state index is -4.46. The molecule has 1 unspecified atom stereocenters. The molecule has 0 radical (unpaired) electrons. The molecule has 0 bridgehead atoms. The second-order valence-electron chi connectivity index (χ2n) is 8.29. The van der Waals surface area contributed by atoms with Crippen molar-refractivity contribution in [2.45, 2.75) is 37.9 Å². The molecule has 2 aliphatic heterocycles. The van der Waals surface area contributed by atoms with Crippen molar-refractivity contribution in [3.63, 3.8) is 0 Å². The van der Waals surface area contributed by atoms with Crippen LogP contribution in [0.2, 0.25) is 5.02 Å². The van der Waals surface area contributed by atoms with E-state index in [9.17, 15) is 22.8 Å². The molecular weight excluding hydrogens is 457 g/mol. The van der Waals surface area contributed by atoms with Gasteiger partial charge in [-0.2, -0.15) is 18.3 Å². The number of alkyl halides is 3. The Kier molecular flexibility index (Phi) is 6.09. The van der Waals surface area contributed by atoms with E-state index in [0.717, 1.165) is 30.5 Å². The van der Waals surface area contributed by atoms with Gasteiger partial charge in [-0.1, -0.05) is 23.7 Å². The summed E-state index contributed by atoms with van der Waals surface area (Å²) in [5.41, 5.74) is -0.176. The number of carbonyl (C=O) groups excluding carboxylic acids is 2. The lowest BCUT2D eigenvalue weighted by atomic mass is 9.87. The summed E-state index contributed by atoms with van der Waals surface area (Å²) >= 11 is 6.02. The van der Waals surface area contributed by atoms with E-state index in [1.807, 2.05) is 6.92 Å². The van der Waals surface area contributed by atoms with Gasteiger partial charge in [0.15, 0.2) is 0 Å². The molecule has 3 amide bonds. The number of hydrazone groups is 1. The Morgan fingerprint density at radius 1 is 1.09 bits per heavy atom. The third kappa shape index (κ3) is 4.68. The Labute approximate surface area is 194 Å². The van der Waals surface area contributed by atoms with Crippen molar-refractivity contribution < 1.29 is 22.8 Å². The van der Waals surface area contributed by atoms with E-state index < -0.39 is 23.3 Å². The SMILES string of the molecule is CC1(N2CCCCC2=O)CN(C(=O)Nc2ccc(C(F)(F)F)cc2)N=C1c1ccc(Cl)cc1. The van der Waals surface area contributed by atoms with Gasteiger partial charge in [0.25, 0.3) is 0 Å². The van der Waals surface area contributed by atoms with Crippen LogP contribution in [-0.2, 0) is 11.0 Å². The predicted molar refractivity (Wildman–Crippen MR) is 119 cm³/mol. The second kappa shape index (κ2) is 8.70. The minimum absolute atomic E-state index is 0.00425. The number of nitrogens with one attached hydrogen (secondary N) is 1. The molecule has 0 spiro atoms. The molecule has 6 nitrogen and oxygen atoms in total. The topological polar surface area (TPSA) is 65.0 Å². The molecule has 0 saturated carbocycles. The molecule has 1 atom stereocenters. The largest absolute Gasteiger partial charge is 0.416 e. The number of piperidine rings is 1. The molecular formula is C23H22ClF3N4O2. The molecule has 2 aromatic rings. The molecule has 1 saturated heterocycles. The molecule has 1 N–H and O–H groups in total. The Morgan fingerprint density at radius 3 is 2.36 bits per heavy atom. The first-order valence-electron chi connectivity index (χ1n) is 10.5. The number of likely N-dealkylation sites (tertiary alicyclic amines) is 1. The fourth-order valence-corrected chi connectivity index (χ4v) is 4.32. The van der Waals surface area contributed by atoms with Crippen LogP contribution in [0.25, 0.3) is 0 Å². The monoisotopic (exact) mass is 478 g/mol. The lowest BCUT2D eigenvalue weighted by Gasteiger charge is -2.41. The van der Waals surface area contributed by atoms with E-state index in [0.29, 0.717) is 23.7 Å². The van der Waals surface area contributed by atoms with Crippen molar-refractivity contribution >= 4 is 34.9 Å². The lowest BCUT2D eigenvalue weighted by molar-refractivity contribution is -0.138. The Bertz CT molecular complexity index is 1090. The number of nitrogens with zero attached hydrogens (tertiary/aromatic N) is 3. The number of hydrogen-bond acceptors (Lipinski definition) is 3. The Balaban J connectivity index is 1.61. The molecule has 10 heteroatoms. The summed E-state index contributed by atoms with van der Waals surface area (Å²) in [6.07, 6.45) is -2.36. The first kappa shape index (κ1) is 23.1. The zero-order chi connectivity index (χ0) is 23.8. The number of amides is 3. The highest BCUT2D eigenvalue weighted by Gasteiger charge is 2.48. The van der Waals surface area contributed by atoms with Crippen LogP contribution in [0.5, 0.6) is 0 Å². The van der Waals surface area contributed by atoms with Crippen LogP contribution in [0.1, 0.15) is 37.3 Å². The van der Waals surface area contributed by atoms with Crippen molar-refractivity contribution in [3.05, 3.63) is 64.7 Å². The van der Waals surface area contributed by atoms with Crippen LogP contribution in [-0.4, -0.2) is 46.2 Å². The summed E-state index contributed by atoms with van der Waals surface area (Å²) in [7, 11) is 0. The maximum absolute atomic E-state index is 12.9. The average Bonchev–Trinajstić information content (AvgIpc) is 3.13. The van der Waals surface area contributed by atoms with Gasteiger partial charge in [0.2, 0.25) is 5.91 Å². The number of urea groups is 1. The summed E-state index contributed by atoms with van der Waals surface area (Å²) in [6.45, 7) is 2.54. The molecule has 4 rings (SSSR count). The van der Waals surface area contributed by atoms with Crippen LogP contribution in [0, 0.1) is 0 Å². The minimum Gasteiger partial charge on any atom is -0.330 e. The zero-order valence-electron chi connectivity index (χ0n) is 17.8. The second-order valence-corrected chi connectivity index (χ2v) is 8.73. The van der Waals surface area contributed by atoms with Crippen LogP contribution in [0.3, 0.4) is 0 Å². The van der Waals surface area contributed by atoms with Gasteiger partial charge in [-0.25, -0.2) is 9.80 Å². The fraction of sp³-hybridized carbons (Fsp3) is 0.348. The molecule has 33 heavy (non-hydrogen) atoms. The van der Waals surface area contributed by atoms with Crippen molar-refractivity contribution in [1.82, 2.24) is 9.91 Å². The maximum Gasteiger partial charge on any atom is 0.416 e. The number of halogens is 4. The van der Waals surface area contributed by atoms with Gasteiger partial charge in [0.1, 0.15) is 5.54 Å². The van der Waals surface area contributed by atoms with Crippen LogP contribution in [0.4, 0.5) is 23.7 Å². The summed E-state index contributed by atoms with van der Waals surface area (Å²) in [5, 5.41) is 8.87. The van der Waals surface area contributed by atoms with Gasteiger partial charge in [0, 0.05) is 29.2 Å². The van der Waals surface area contributed by atoms with E-state index in [1.54, 1.807) is 29.2 Å². The van der Waals surface area contributed by atoms with E-state index >= 15 is 0 Å². The highest BCUT2D eigenvalue weighted by Crippen LogP contribution is 2.33. The number of benzene rings is 2. The molecule has 174 valence electrons. The van der Waals surface area contributed by atoms with E-state index in [4.69, 9.17) is 11.6 Å². The number of carbonyl (C=O) groups is 2. The number of anilines is 1. The van der Waals surface area contributed by atoms with Crippen molar-refractivity contribution in [2.75, 3.05) is 18.4 Å². The summed E-state index contributed by atoms with van der Waals surface area (Å²) in [4.78, 5) is 27.4. The van der Waals surface area contributed by atoms with Gasteiger partial charge in [0.05, 0.1) is 17.8 Å². The standard InChI is InChI=1S/C23H22ClF3N4O2/c1-22(30-13-3-2-4-19(30)32)14-31(29-20(22)15-5-9-17(24)10-6-15)21(33)28-18-11-7-16(8-12-18)23(25,26)27/h5-12H,2-4,13-14H2,1H3,(H,28,33). The summed E-state index contributed by atoms with van der Waals surface area (Å²) in [6, 6.07) is 10.6. The van der Waals surface area contributed by atoms with Crippen molar-refractivity contribution in [2.24, 2.45) is 5.10 Å². The third-order valence-electron chi connectivity index (χ3n) is 5.92. The van der Waals surface area contributed by atoms with Gasteiger partial charge >= 0.3 is 12.2 Å². The van der Waals surface area contributed by atoms with E-state index in [1.165, 1.54) is 17.1 Å². The Morgan fingerprint density at radius 2 is 1.76 bits per heavy atom. The maximum atomic E-state index is 12.9. The number of hydrogen-bond donors (Lipinski definition) is 1. The highest BCUT2D eigenvalue weighted by molar-refractivity contribution is 6.30. The molecule has 1 fully saturated rings. The summed E-state index contributed by atoms with van der Waals surface area (Å²) < 4.78 is 38.4. The molecule has 0 aliphatic carbocycles. The average molecular weight is 479 g/mol. The molecule has 2 heterocycles. The van der Waals surface area contributed by atoms with Crippen molar-refractivity contribution in [1.29, 1.82) is 0 Å². The quantitative estimate of drug-likeness (QED) is 0.643. The van der Waals surface area contributed by atoms with Gasteiger partial charge in [-0.05, 0) is 56.2 Å². The van der Waals surface area contributed by atoms with Gasteiger partial charge < -0.3 is 10.2 Å². The van der Waals surface area contributed by atoms with Gasteiger partial charge in [-0.3, -0.25) is 4.79 Å². The first-order valence-corrected chi connectivity index (χ1v) is 10.9. The molecule has 2 aliphatic rings. The number of rotatable bonds is 3. The summed E-state index contributed by atoms with van der Waals surface area (Å²) in [5.74, 6) is -0.00425. The van der Waals surface area contributed by atoms with E-state index in [2.05, 4.69) is 10.4 Å². The third-order valence-corrected chi connectivity index (χ3v) is 6.18.